The summed E-state index contributed by atoms with van der Waals surface area (Å²) in [5.41, 5.74) is 5.55. The molecular weight excluding hydrogens is 244 g/mol. The second kappa shape index (κ2) is 3.88. The number of nitrogen functional groups attached to an aromatic ring is 1. The van der Waals surface area contributed by atoms with Crippen LogP contribution in [0.25, 0.3) is 0 Å². The van der Waals surface area contributed by atoms with Gasteiger partial charge in [0.15, 0.2) is 4.73 Å². The second-order valence-corrected chi connectivity index (χ2v) is 4.82. The van der Waals surface area contributed by atoms with Crippen LogP contribution in [-0.4, -0.2) is 14.8 Å². The molecule has 0 radical (unpaired) electrons. The van der Waals surface area contributed by atoms with Crippen molar-refractivity contribution < 1.29 is 0 Å². The van der Waals surface area contributed by atoms with Crippen molar-refractivity contribution in [2.75, 3.05) is 5.73 Å². The van der Waals surface area contributed by atoms with Crippen LogP contribution < -0.4 is 5.73 Å². The SMILES string of the molecule is CC1CCCC(n2nc(N)nc2Br)C1. The van der Waals surface area contributed by atoms with Gasteiger partial charge in [0.05, 0.1) is 6.04 Å². The second-order valence-electron chi connectivity index (χ2n) is 4.11. The van der Waals surface area contributed by atoms with Crippen LogP contribution in [0.2, 0.25) is 0 Å². The van der Waals surface area contributed by atoms with E-state index in [0.29, 0.717) is 12.0 Å². The molecule has 2 rings (SSSR count). The summed E-state index contributed by atoms with van der Waals surface area (Å²) in [4.78, 5) is 4.06. The number of rotatable bonds is 1. The van der Waals surface area contributed by atoms with E-state index >= 15 is 0 Å². The maximum Gasteiger partial charge on any atom is 0.240 e. The number of hydrogen-bond acceptors (Lipinski definition) is 3. The third-order valence-corrected chi connectivity index (χ3v) is 3.40. The Kier molecular flexibility index (Phi) is 2.76. The average molecular weight is 259 g/mol. The summed E-state index contributed by atoms with van der Waals surface area (Å²) in [6.07, 6.45) is 4.98. The van der Waals surface area contributed by atoms with Gasteiger partial charge in [0.2, 0.25) is 5.95 Å². The number of aromatic nitrogens is 3. The number of hydrogen-bond donors (Lipinski definition) is 1. The number of halogens is 1. The van der Waals surface area contributed by atoms with Gasteiger partial charge in [-0.25, -0.2) is 4.68 Å². The molecule has 2 N–H and O–H groups in total. The minimum atomic E-state index is 0.357. The lowest BCUT2D eigenvalue weighted by Gasteiger charge is -2.26. The van der Waals surface area contributed by atoms with Gasteiger partial charge in [-0.1, -0.05) is 19.8 Å². The molecule has 0 aliphatic heterocycles. The van der Waals surface area contributed by atoms with Gasteiger partial charge in [-0.05, 0) is 34.7 Å². The molecule has 1 fully saturated rings. The summed E-state index contributed by atoms with van der Waals surface area (Å²) in [5.74, 6) is 1.14. The Hall–Kier alpha value is -0.580. The molecule has 14 heavy (non-hydrogen) atoms. The summed E-state index contributed by atoms with van der Waals surface area (Å²) in [7, 11) is 0. The monoisotopic (exact) mass is 258 g/mol. The Bertz CT molecular complexity index is 323. The van der Waals surface area contributed by atoms with Crippen LogP contribution in [0.4, 0.5) is 5.95 Å². The quantitative estimate of drug-likeness (QED) is 0.842. The standard InChI is InChI=1S/C9H15BrN4/c1-6-3-2-4-7(5-6)14-8(10)12-9(11)13-14/h6-7H,2-5H2,1H3,(H2,11,13). The molecular formula is C9H15BrN4. The van der Waals surface area contributed by atoms with E-state index in [1.54, 1.807) is 0 Å². The number of nitrogens with zero attached hydrogens (tertiary/aromatic N) is 3. The zero-order valence-electron chi connectivity index (χ0n) is 8.28. The Morgan fingerprint density at radius 1 is 1.50 bits per heavy atom. The molecule has 2 atom stereocenters. The van der Waals surface area contributed by atoms with Crippen molar-refractivity contribution in [3.8, 4) is 0 Å². The lowest BCUT2D eigenvalue weighted by Crippen LogP contribution is -2.19. The van der Waals surface area contributed by atoms with Crippen LogP contribution in [0.1, 0.15) is 38.6 Å². The van der Waals surface area contributed by atoms with Crippen LogP contribution in [-0.2, 0) is 0 Å². The van der Waals surface area contributed by atoms with Crippen LogP contribution in [0.3, 0.4) is 0 Å². The molecule has 2 unspecified atom stereocenters. The van der Waals surface area contributed by atoms with Crippen molar-refractivity contribution in [1.29, 1.82) is 0 Å². The van der Waals surface area contributed by atoms with Gasteiger partial charge in [0.1, 0.15) is 0 Å². The van der Waals surface area contributed by atoms with Gasteiger partial charge in [-0.2, -0.15) is 4.98 Å². The maximum absolute atomic E-state index is 5.55. The highest BCUT2D eigenvalue weighted by molar-refractivity contribution is 9.10. The first-order valence-electron chi connectivity index (χ1n) is 5.04. The normalized spacial score (nSPS) is 27.9. The van der Waals surface area contributed by atoms with E-state index in [-0.39, 0.29) is 0 Å². The van der Waals surface area contributed by atoms with E-state index in [1.807, 2.05) is 4.68 Å². The molecule has 5 heteroatoms. The first-order valence-corrected chi connectivity index (χ1v) is 5.83. The molecule has 1 aliphatic rings. The Morgan fingerprint density at radius 2 is 2.29 bits per heavy atom. The van der Waals surface area contributed by atoms with Gasteiger partial charge < -0.3 is 5.73 Å². The highest BCUT2D eigenvalue weighted by atomic mass is 79.9. The summed E-state index contributed by atoms with van der Waals surface area (Å²) in [6.45, 7) is 2.29. The molecule has 0 saturated heterocycles. The zero-order valence-corrected chi connectivity index (χ0v) is 9.87. The van der Waals surface area contributed by atoms with Crippen LogP contribution >= 0.6 is 15.9 Å². The molecule has 1 aliphatic carbocycles. The molecule has 0 amide bonds. The first-order chi connectivity index (χ1) is 6.66. The molecule has 1 aromatic rings. The number of anilines is 1. The lowest BCUT2D eigenvalue weighted by molar-refractivity contribution is 0.263. The average Bonchev–Trinajstić information content (AvgIpc) is 2.45. The zero-order chi connectivity index (χ0) is 10.1. The van der Waals surface area contributed by atoms with Gasteiger partial charge in [-0.15, -0.1) is 5.10 Å². The van der Waals surface area contributed by atoms with Crippen molar-refractivity contribution in [3.63, 3.8) is 0 Å². The van der Waals surface area contributed by atoms with Crippen molar-refractivity contribution in [2.24, 2.45) is 5.92 Å². The summed E-state index contributed by atoms with van der Waals surface area (Å²) in [6, 6.07) is 0.470. The summed E-state index contributed by atoms with van der Waals surface area (Å²) < 4.78 is 2.68. The summed E-state index contributed by atoms with van der Waals surface area (Å²) >= 11 is 3.38. The fourth-order valence-electron chi connectivity index (χ4n) is 2.18. The Balaban J connectivity index is 2.17. The molecule has 1 aromatic heterocycles. The molecule has 1 heterocycles. The minimum Gasteiger partial charge on any atom is -0.366 e. The topological polar surface area (TPSA) is 56.7 Å². The molecule has 4 nitrogen and oxygen atoms in total. The van der Waals surface area contributed by atoms with E-state index < -0.39 is 0 Å². The maximum atomic E-state index is 5.55. The van der Waals surface area contributed by atoms with Gasteiger partial charge in [-0.3, -0.25) is 0 Å². The van der Waals surface area contributed by atoms with E-state index in [0.717, 1.165) is 10.7 Å². The van der Waals surface area contributed by atoms with Crippen molar-refractivity contribution in [3.05, 3.63) is 4.73 Å². The fraction of sp³-hybridized carbons (Fsp3) is 0.778. The van der Waals surface area contributed by atoms with Gasteiger partial charge in [0, 0.05) is 0 Å². The first kappa shape index (κ1) is 9.96. The highest BCUT2D eigenvalue weighted by Crippen LogP contribution is 2.33. The van der Waals surface area contributed by atoms with Crippen LogP contribution in [0.15, 0.2) is 4.73 Å². The van der Waals surface area contributed by atoms with E-state index in [2.05, 4.69) is 32.9 Å². The van der Waals surface area contributed by atoms with Crippen molar-refractivity contribution >= 4 is 21.9 Å². The van der Waals surface area contributed by atoms with E-state index in [9.17, 15) is 0 Å². The summed E-state index contributed by atoms with van der Waals surface area (Å²) in [5, 5.41) is 4.20. The predicted molar refractivity (Wildman–Crippen MR) is 58.8 cm³/mol. The lowest BCUT2D eigenvalue weighted by atomic mass is 9.87. The molecule has 0 spiro atoms. The fourth-order valence-corrected chi connectivity index (χ4v) is 2.73. The van der Waals surface area contributed by atoms with E-state index in [4.69, 9.17) is 5.73 Å². The van der Waals surface area contributed by atoms with Crippen molar-refractivity contribution in [1.82, 2.24) is 14.8 Å². The molecule has 0 bridgehead atoms. The third-order valence-electron chi connectivity index (χ3n) is 2.86. The van der Waals surface area contributed by atoms with Gasteiger partial charge in [0.25, 0.3) is 0 Å². The highest BCUT2D eigenvalue weighted by Gasteiger charge is 2.23. The Morgan fingerprint density at radius 3 is 2.86 bits per heavy atom. The van der Waals surface area contributed by atoms with Crippen LogP contribution in [0.5, 0.6) is 0 Å². The largest absolute Gasteiger partial charge is 0.366 e. The molecule has 78 valence electrons. The Labute approximate surface area is 92.0 Å². The minimum absolute atomic E-state index is 0.357. The molecule has 0 aromatic carbocycles. The molecule has 1 saturated carbocycles. The smallest absolute Gasteiger partial charge is 0.240 e. The van der Waals surface area contributed by atoms with E-state index in [1.165, 1.54) is 25.7 Å². The number of nitrogens with two attached hydrogens (primary N) is 1. The van der Waals surface area contributed by atoms with Crippen molar-refractivity contribution in [2.45, 2.75) is 38.6 Å². The predicted octanol–water partition coefficient (Wildman–Crippen LogP) is 2.37. The third kappa shape index (κ3) is 1.92. The van der Waals surface area contributed by atoms with Crippen LogP contribution in [0, 0.1) is 5.92 Å². The van der Waals surface area contributed by atoms with Gasteiger partial charge >= 0.3 is 0 Å².